The van der Waals surface area contributed by atoms with Crippen LogP contribution in [0.2, 0.25) is 0 Å². The fraction of sp³-hybridized carbons (Fsp3) is 0.692. The van der Waals surface area contributed by atoms with Crippen LogP contribution >= 0.6 is 11.3 Å². The standard InChI is InChI=1S/C13H21N3O3S/c1-9(2)14-4-6-15(7-5-14)13-11(16(18)19)8-12(20-13)10(3)17/h8-10,17H,4-7H2,1-3H3. The molecule has 0 aromatic carbocycles. The second-order valence-corrected chi connectivity index (χ2v) is 6.45. The van der Waals surface area contributed by atoms with Crippen LogP contribution in [0.3, 0.4) is 0 Å². The van der Waals surface area contributed by atoms with Gasteiger partial charge in [0.1, 0.15) is 0 Å². The summed E-state index contributed by atoms with van der Waals surface area (Å²) in [7, 11) is 0. The predicted molar refractivity (Wildman–Crippen MR) is 80.5 cm³/mol. The first-order valence-electron chi connectivity index (χ1n) is 6.85. The summed E-state index contributed by atoms with van der Waals surface area (Å²) >= 11 is 1.33. The predicted octanol–water partition coefficient (Wildman–Crippen LogP) is 2.24. The zero-order valence-electron chi connectivity index (χ0n) is 12.1. The Morgan fingerprint density at radius 1 is 1.30 bits per heavy atom. The lowest BCUT2D eigenvalue weighted by molar-refractivity contribution is -0.383. The molecular formula is C13H21N3O3S. The number of aliphatic hydroxyl groups excluding tert-OH is 1. The molecule has 2 rings (SSSR count). The Labute approximate surface area is 122 Å². The fourth-order valence-corrected chi connectivity index (χ4v) is 3.51. The molecule has 2 heterocycles. The Morgan fingerprint density at radius 2 is 1.90 bits per heavy atom. The van der Waals surface area contributed by atoms with E-state index in [1.165, 1.54) is 17.4 Å². The van der Waals surface area contributed by atoms with E-state index < -0.39 is 6.10 Å². The summed E-state index contributed by atoms with van der Waals surface area (Å²) in [6, 6.07) is 2.00. The average molecular weight is 299 g/mol. The second-order valence-electron chi connectivity index (χ2n) is 5.39. The molecule has 1 aliphatic heterocycles. The molecule has 1 N–H and O–H groups in total. The first kappa shape index (κ1) is 15.2. The van der Waals surface area contributed by atoms with Crippen molar-refractivity contribution in [3.8, 4) is 0 Å². The third-order valence-electron chi connectivity index (χ3n) is 3.65. The van der Waals surface area contributed by atoms with Crippen LogP contribution in [0.5, 0.6) is 0 Å². The van der Waals surface area contributed by atoms with Gasteiger partial charge in [-0.15, -0.1) is 11.3 Å². The van der Waals surface area contributed by atoms with Gasteiger partial charge in [-0.25, -0.2) is 0 Å². The summed E-state index contributed by atoms with van der Waals surface area (Å²) in [6.45, 7) is 9.37. The Morgan fingerprint density at radius 3 is 2.35 bits per heavy atom. The summed E-state index contributed by atoms with van der Waals surface area (Å²) in [5.74, 6) is 0. The Hall–Kier alpha value is -1.18. The number of aliphatic hydroxyl groups is 1. The highest BCUT2D eigenvalue weighted by Crippen LogP contribution is 2.40. The van der Waals surface area contributed by atoms with Gasteiger partial charge in [0, 0.05) is 43.2 Å². The van der Waals surface area contributed by atoms with Crippen molar-refractivity contribution < 1.29 is 10.0 Å². The molecule has 1 aromatic rings. The van der Waals surface area contributed by atoms with Crippen LogP contribution < -0.4 is 4.90 Å². The summed E-state index contributed by atoms with van der Waals surface area (Å²) < 4.78 is 0. The zero-order valence-corrected chi connectivity index (χ0v) is 12.9. The van der Waals surface area contributed by atoms with E-state index in [1.807, 2.05) is 0 Å². The van der Waals surface area contributed by atoms with Gasteiger partial charge < -0.3 is 10.0 Å². The average Bonchev–Trinajstić information content (AvgIpc) is 2.84. The summed E-state index contributed by atoms with van der Waals surface area (Å²) in [6.07, 6.45) is -0.663. The lowest BCUT2D eigenvalue weighted by atomic mass is 10.2. The maximum absolute atomic E-state index is 11.2. The number of anilines is 1. The zero-order chi connectivity index (χ0) is 14.9. The van der Waals surface area contributed by atoms with Gasteiger partial charge in [-0.05, 0) is 20.8 Å². The molecule has 7 heteroatoms. The molecule has 1 unspecified atom stereocenters. The van der Waals surface area contributed by atoms with Crippen molar-refractivity contribution in [1.29, 1.82) is 0 Å². The minimum atomic E-state index is -0.663. The number of rotatable bonds is 4. The van der Waals surface area contributed by atoms with Crippen LogP contribution in [0.1, 0.15) is 31.8 Å². The molecule has 1 fully saturated rings. The summed E-state index contributed by atoms with van der Waals surface area (Å²) in [5.41, 5.74) is 0.115. The highest BCUT2D eigenvalue weighted by Gasteiger charge is 2.28. The first-order chi connectivity index (χ1) is 9.40. The van der Waals surface area contributed by atoms with E-state index in [-0.39, 0.29) is 10.6 Å². The van der Waals surface area contributed by atoms with Crippen molar-refractivity contribution in [2.45, 2.75) is 32.9 Å². The molecule has 0 aliphatic carbocycles. The first-order valence-corrected chi connectivity index (χ1v) is 7.67. The molecule has 1 saturated heterocycles. The number of piperazine rings is 1. The molecule has 1 atom stereocenters. The molecule has 1 aromatic heterocycles. The number of thiophene rings is 1. The molecule has 0 saturated carbocycles. The van der Waals surface area contributed by atoms with Crippen LogP contribution in [0, 0.1) is 10.1 Å². The molecule has 112 valence electrons. The van der Waals surface area contributed by atoms with Crippen molar-refractivity contribution in [2.24, 2.45) is 0 Å². The van der Waals surface area contributed by atoms with Crippen molar-refractivity contribution in [3.63, 3.8) is 0 Å². The van der Waals surface area contributed by atoms with Gasteiger partial charge in [-0.1, -0.05) is 0 Å². The van der Waals surface area contributed by atoms with E-state index in [0.717, 1.165) is 26.2 Å². The van der Waals surface area contributed by atoms with Crippen molar-refractivity contribution in [3.05, 3.63) is 21.1 Å². The van der Waals surface area contributed by atoms with Crippen LogP contribution in [-0.2, 0) is 0 Å². The van der Waals surface area contributed by atoms with Crippen LogP contribution in [0.4, 0.5) is 10.7 Å². The second kappa shape index (κ2) is 6.07. The molecular weight excluding hydrogens is 278 g/mol. The SMILES string of the molecule is CC(O)c1cc([N+](=O)[O-])c(N2CCN(C(C)C)CC2)s1. The normalized spacial score (nSPS) is 18.6. The van der Waals surface area contributed by atoms with E-state index in [1.54, 1.807) is 6.92 Å². The molecule has 6 nitrogen and oxygen atoms in total. The van der Waals surface area contributed by atoms with E-state index >= 15 is 0 Å². The minimum Gasteiger partial charge on any atom is -0.388 e. The number of nitro groups is 1. The Balaban J connectivity index is 2.18. The molecule has 0 spiro atoms. The van der Waals surface area contributed by atoms with Gasteiger partial charge in [0.05, 0.1) is 11.0 Å². The lowest BCUT2D eigenvalue weighted by Crippen LogP contribution is -2.48. The minimum absolute atomic E-state index is 0.115. The van der Waals surface area contributed by atoms with E-state index in [0.29, 0.717) is 15.9 Å². The van der Waals surface area contributed by atoms with E-state index in [2.05, 4.69) is 23.6 Å². The van der Waals surface area contributed by atoms with Gasteiger partial charge in [-0.2, -0.15) is 0 Å². The van der Waals surface area contributed by atoms with Gasteiger partial charge in [-0.3, -0.25) is 15.0 Å². The monoisotopic (exact) mass is 299 g/mol. The van der Waals surface area contributed by atoms with Gasteiger partial charge in [0.15, 0.2) is 5.00 Å². The van der Waals surface area contributed by atoms with Crippen molar-refractivity contribution in [1.82, 2.24) is 4.90 Å². The largest absolute Gasteiger partial charge is 0.388 e. The van der Waals surface area contributed by atoms with Gasteiger partial charge in [0.2, 0.25) is 0 Å². The molecule has 0 bridgehead atoms. The third kappa shape index (κ3) is 3.11. The molecule has 1 aliphatic rings. The molecule has 20 heavy (non-hydrogen) atoms. The topological polar surface area (TPSA) is 69.8 Å². The van der Waals surface area contributed by atoms with Crippen molar-refractivity contribution in [2.75, 3.05) is 31.1 Å². The third-order valence-corrected chi connectivity index (χ3v) is 5.01. The Kier molecular flexibility index (Phi) is 4.62. The Bertz CT molecular complexity index is 479. The quantitative estimate of drug-likeness (QED) is 0.682. The summed E-state index contributed by atoms with van der Waals surface area (Å²) in [5, 5.41) is 21.5. The maximum atomic E-state index is 11.2. The van der Waals surface area contributed by atoms with E-state index in [9.17, 15) is 15.2 Å². The smallest absolute Gasteiger partial charge is 0.304 e. The van der Waals surface area contributed by atoms with Gasteiger partial charge in [0.25, 0.3) is 0 Å². The van der Waals surface area contributed by atoms with Gasteiger partial charge >= 0.3 is 5.69 Å². The highest BCUT2D eigenvalue weighted by molar-refractivity contribution is 7.16. The molecule has 0 amide bonds. The van der Waals surface area contributed by atoms with Crippen LogP contribution in [0.25, 0.3) is 0 Å². The highest BCUT2D eigenvalue weighted by atomic mass is 32.1. The number of hydrogen-bond acceptors (Lipinski definition) is 6. The summed E-state index contributed by atoms with van der Waals surface area (Å²) in [4.78, 5) is 15.9. The maximum Gasteiger partial charge on any atom is 0.304 e. The van der Waals surface area contributed by atoms with E-state index in [4.69, 9.17) is 0 Å². The lowest BCUT2D eigenvalue weighted by Gasteiger charge is -2.37. The number of hydrogen-bond donors (Lipinski definition) is 1. The van der Waals surface area contributed by atoms with Crippen LogP contribution in [0.15, 0.2) is 6.07 Å². The number of nitrogens with zero attached hydrogens (tertiary/aromatic N) is 3. The molecule has 0 radical (unpaired) electrons. The van der Waals surface area contributed by atoms with Crippen LogP contribution in [-0.4, -0.2) is 47.2 Å². The van der Waals surface area contributed by atoms with Crippen molar-refractivity contribution >= 4 is 22.0 Å². The fourth-order valence-electron chi connectivity index (χ4n) is 2.39.